The summed E-state index contributed by atoms with van der Waals surface area (Å²) in [6.45, 7) is 0. The summed E-state index contributed by atoms with van der Waals surface area (Å²) in [7, 11) is 0. The van der Waals surface area contributed by atoms with Crippen LogP contribution in [-0.4, -0.2) is 0 Å². The van der Waals surface area contributed by atoms with Crippen molar-refractivity contribution in [3.05, 3.63) is 199 Å². The molecule has 1 heterocycles. The zero-order valence-electron chi connectivity index (χ0n) is 31.3. The largest absolute Gasteiger partial charge is 0.456 e. The monoisotopic (exact) mass is 719 g/mol. The summed E-state index contributed by atoms with van der Waals surface area (Å²) in [4.78, 5) is 2.51. The predicted molar refractivity (Wildman–Crippen MR) is 234 cm³/mol. The Bertz CT molecular complexity index is 2910. The Morgan fingerprint density at radius 2 is 0.964 bits per heavy atom. The number of benzene rings is 8. The second kappa shape index (κ2) is 13.3. The fourth-order valence-corrected chi connectivity index (χ4v) is 10.1. The second-order valence-electron chi connectivity index (χ2n) is 15.5. The number of hydrogen-bond acceptors (Lipinski definition) is 2. The van der Waals surface area contributed by atoms with Crippen molar-refractivity contribution in [3.8, 4) is 44.5 Å². The first-order valence-electron chi connectivity index (χ1n) is 20.1. The van der Waals surface area contributed by atoms with Gasteiger partial charge in [-0.15, -0.1) is 0 Å². The van der Waals surface area contributed by atoms with Crippen molar-refractivity contribution in [3.63, 3.8) is 0 Å². The van der Waals surface area contributed by atoms with Gasteiger partial charge in [-0.2, -0.15) is 0 Å². The molecule has 0 amide bonds. The van der Waals surface area contributed by atoms with Crippen LogP contribution in [0.25, 0.3) is 66.4 Å². The molecular weight excluding hydrogens is 679 g/mol. The van der Waals surface area contributed by atoms with Crippen molar-refractivity contribution in [2.45, 2.75) is 37.5 Å². The average molecular weight is 720 g/mol. The molecule has 0 radical (unpaired) electrons. The van der Waals surface area contributed by atoms with Crippen LogP contribution < -0.4 is 4.90 Å². The van der Waals surface area contributed by atoms with Gasteiger partial charge in [0.2, 0.25) is 0 Å². The first kappa shape index (κ1) is 32.8. The third-order valence-electron chi connectivity index (χ3n) is 12.5. The van der Waals surface area contributed by atoms with E-state index in [0.717, 1.165) is 33.3 Å². The minimum atomic E-state index is 0.0435. The predicted octanol–water partition coefficient (Wildman–Crippen LogP) is 15.3. The molecule has 56 heavy (non-hydrogen) atoms. The molecule has 11 rings (SSSR count). The highest BCUT2D eigenvalue weighted by Crippen LogP contribution is 2.59. The van der Waals surface area contributed by atoms with Crippen molar-refractivity contribution >= 4 is 39.0 Å². The molecule has 2 aliphatic carbocycles. The summed E-state index contributed by atoms with van der Waals surface area (Å²) in [6.07, 6.45) is 6.21. The summed E-state index contributed by atoms with van der Waals surface area (Å²) in [5.74, 6) is 0. The summed E-state index contributed by atoms with van der Waals surface area (Å²) in [6, 6.07) is 68.9. The molecule has 0 saturated heterocycles. The third kappa shape index (κ3) is 5.09. The maximum atomic E-state index is 6.57. The smallest absolute Gasteiger partial charge is 0.137 e. The van der Waals surface area contributed by atoms with Crippen molar-refractivity contribution < 1.29 is 4.42 Å². The lowest BCUT2D eigenvalue weighted by molar-refractivity contribution is 0.353. The normalized spacial score (nSPS) is 14.2. The van der Waals surface area contributed by atoms with Crippen LogP contribution in [0.1, 0.15) is 43.2 Å². The van der Waals surface area contributed by atoms with Crippen LogP contribution in [0, 0.1) is 0 Å². The van der Waals surface area contributed by atoms with E-state index in [9.17, 15) is 0 Å². The molecule has 1 saturated carbocycles. The van der Waals surface area contributed by atoms with Gasteiger partial charge in [-0.05, 0) is 87.7 Å². The van der Waals surface area contributed by atoms with Crippen LogP contribution in [0.4, 0.5) is 17.1 Å². The van der Waals surface area contributed by atoms with E-state index in [1.54, 1.807) is 0 Å². The Kier molecular flexibility index (Phi) is 7.77. The van der Waals surface area contributed by atoms with E-state index >= 15 is 0 Å². The topological polar surface area (TPSA) is 16.4 Å². The molecular formula is C54H41NO. The highest BCUT2D eigenvalue weighted by molar-refractivity contribution is 6.07. The standard InChI is InChI=1S/C54H41NO/c1-3-18-37(19-4-1)39-20-5-6-21-40(39)41-22-7-8-23-42(41)43-24-10-13-29-49(43)55(38-32-33-45-44-25-11-14-31-51(44)56-52(45)36-38)50-30-17-28-48-53(50)46-26-9-12-27-47(46)54(48)34-15-2-16-35-54/h1,3-14,17-33,36H,2,15-16,34-35H2. The van der Waals surface area contributed by atoms with E-state index < -0.39 is 0 Å². The molecule has 0 bridgehead atoms. The minimum Gasteiger partial charge on any atom is -0.456 e. The molecule has 2 nitrogen and oxygen atoms in total. The summed E-state index contributed by atoms with van der Waals surface area (Å²) < 4.78 is 6.57. The van der Waals surface area contributed by atoms with Gasteiger partial charge in [0, 0.05) is 39.1 Å². The summed E-state index contributed by atoms with van der Waals surface area (Å²) in [5, 5.41) is 2.27. The van der Waals surface area contributed by atoms with E-state index in [2.05, 4.69) is 187 Å². The van der Waals surface area contributed by atoms with Gasteiger partial charge in [-0.3, -0.25) is 0 Å². The Labute approximate surface area is 328 Å². The first-order valence-corrected chi connectivity index (χ1v) is 20.1. The molecule has 9 aromatic rings. The summed E-state index contributed by atoms with van der Waals surface area (Å²) in [5.41, 5.74) is 18.1. The maximum Gasteiger partial charge on any atom is 0.137 e. The lowest BCUT2D eigenvalue weighted by Gasteiger charge is -2.36. The van der Waals surface area contributed by atoms with E-state index in [1.807, 2.05) is 6.07 Å². The van der Waals surface area contributed by atoms with Crippen LogP contribution in [0.3, 0.4) is 0 Å². The van der Waals surface area contributed by atoms with Gasteiger partial charge >= 0.3 is 0 Å². The summed E-state index contributed by atoms with van der Waals surface area (Å²) >= 11 is 0. The molecule has 1 aromatic heterocycles. The van der Waals surface area contributed by atoms with E-state index in [1.165, 1.54) is 93.4 Å². The maximum absolute atomic E-state index is 6.57. The number of hydrogen-bond donors (Lipinski definition) is 0. The minimum absolute atomic E-state index is 0.0435. The molecule has 0 aliphatic heterocycles. The van der Waals surface area contributed by atoms with Crippen LogP contribution in [0.2, 0.25) is 0 Å². The molecule has 2 aliphatic rings. The third-order valence-corrected chi connectivity index (χ3v) is 12.5. The second-order valence-corrected chi connectivity index (χ2v) is 15.5. The number of furan rings is 1. The molecule has 268 valence electrons. The van der Waals surface area contributed by atoms with Gasteiger partial charge < -0.3 is 9.32 Å². The molecule has 1 fully saturated rings. The highest BCUT2D eigenvalue weighted by atomic mass is 16.3. The van der Waals surface area contributed by atoms with Gasteiger partial charge in [-0.1, -0.05) is 171 Å². The highest BCUT2D eigenvalue weighted by Gasteiger charge is 2.45. The number of para-hydroxylation sites is 2. The molecule has 0 unspecified atom stereocenters. The van der Waals surface area contributed by atoms with Gasteiger partial charge in [0.25, 0.3) is 0 Å². The van der Waals surface area contributed by atoms with Crippen molar-refractivity contribution in [1.29, 1.82) is 0 Å². The SMILES string of the molecule is c1ccc(-c2ccccc2-c2ccccc2-c2ccccc2N(c2ccc3c(c2)oc2ccccc23)c2cccc3c2-c2ccccc2C32CCCCC2)cc1. The number of rotatable bonds is 6. The number of fused-ring (bicyclic) bond motifs is 8. The number of anilines is 3. The van der Waals surface area contributed by atoms with E-state index in [4.69, 9.17) is 4.42 Å². The van der Waals surface area contributed by atoms with Crippen LogP contribution in [0.5, 0.6) is 0 Å². The zero-order valence-corrected chi connectivity index (χ0v) is 31.3. The van der Waals surface area contributed by atoms with Crippen molar-refractivity contribution in [2.24, 2.45) is 0 Å². The zero-order chi connectivity index (χ0) is 37.1. The van der Waals surface area contributed by atoms with Crippen LogP contribution >= 0.6 is 0 Å². The molecule has 2 heteroatoms. The van der Waals surface area contributed by atoms with Crippen LogP contribution in [-0.2, 0) is 5.41 Å². The lowest BCUT2D eigenvalue weighted by atomic mass is 9.68. The first-order chi connectivity index (χ1) is 27.8. The molecule has 1 spiro atoms. The van der Waals surface area contributed by atoms with E-state index in [-0.39, 0.29) is 5.41 Å². The van der Waals surface area contributed by atoms with Gasteiger partial charge in [0.05, 0.1) is 11.4 Å². The van der Waals surface area contributed by atoms with E-state index in [0.29, 0.717) is 0 Å². The Morgan fingerprint density at radius 3 is 1.77 bits per heavy atom. The van der Waals surface area contributed by atoms with Crippen molar-refractivity contribution in [2.75, 3.05) is 4.90 Å². The quantitative estimate of drug-likeness (QED) is 0.170. The van der Waals surface area contributed by atoms with Crippen LogP contribution in [0.15, 0.2) is 192 Å². The Hall–Kier alpha value is -6.64. The Balaban J connectivity index is 1.18. The molecule has 8 aromatic carbocycles. The molecule has 0 atom stereocenters. The fourth-order valence-electron chi connectivity index (χ4n) is 10.1. The Morgan fingerprint density at radius 1 is 0.393 bits per heavy atom. The lowest BCUT2D eigenvalue weighted by Crippen LogP contribution is -2.28. The van der Waals surface area contributed by atoms with Gasteiger partial charge in [0.15, 0.2) is 0 Å². The van der Waals surface area contributed by atoms with Gasteiger partial charge in [-0.25, -0.2) is 0 Å². The van der Waals surface area contributed by atoms with Gasteiger partial charge in [0.1, 0.15) is 11.2 Å². The fraction of sp³-hybridized carbons (Fsp3) is 0.111. The number of nitrogens with zero attached hydrogens (tertiary/aromatic N) is 1. The average Bonchev–Trinajstić information content (AvgIpc) is 3.77. The van der Waals surface area contributed by atoms with Crippen molar-refractivity contribution in [1.82, 2.24) is 0 Å². The molecule has 0 N–H and O–H groups in total.